The highest BCUT2D eigenvalue weighted by atomic mass is 16.5. The Bertz CT molecular complexity index is 994. The van der Waals surface area contributed by atoms with Crippen LogP contribution in [0.3, 0.4) is 0 Å². The summed E-state index contributed by atoms with van der Waals surface area (Å²) in [5.41, 5.74) is 5.19. The molecule has 0 aliphatic carbocycles. The molecule has 4 nitrogen and oxygen atoms in total. The van der Waals surface area contributed by atoms with Gasteiger partial charge in [-0.25, -0.2) is 4.68 Å². The van der Waals surface area contributed by atoms with Crippen LogP contribution in [-0.4, -0.2) is 14.8 Å². The molecule has 26 heavy (non-hydrogen) atoms. The molecule has 4 aromatic rings. The second-order valence-electron chi connectivity index (χ2n) is 6.09. The lowest BCUT2D eigenvalue weighted by molar-refractivity contribution is 0.306. The van der Waals surface area contributed by atoms with Gasteiger partial charge in [-0.05, 0) is 42.8 Å². The van der Waals surface area contributed by atoms with Gasteiger partial charge >= 0.3 is 0 Å². The Kier molecular flexibility index (Phi) is 4.48. The van der Waals surface area contributed by atoms with Crippen LogP contribution in [0.4, 0.5) is 0 Å². The Balaban J connectivity index is 1.63. The first-order valence-corrected chi connectivity index (χ1v) is 8.54. The molecule has 0 amide bonds. The van der Waals surface area contributed by atoms with Crippen molar-refractivity contribution < 1.29 is 4.74 Å². The van der Waals surface area contributed by atoms with Crippen molar-refractivity contribution in [2.24, 2.45) is 0 Å². The van der Waals surface area contributed by atoms with E-state index in [0.29, 0.717) is 6.61 Å². The first-order chi connectivity index (χ1) is 12.8. The molecule has 0 N–H and O–H groups in total. The summed E-state index contributed by atoms with van der Waals surface area (Å²) in [4.78, 5) is 4.09. The minimum absolute atomic E-state index is 0.549. The van der Waals surface area contributed by atoms with E-state index in [1.807, 2.05) is 54.1 Å². The van der Waals surface area contributed by atoms with E-state index in [2.05, 4.69) is 40.4 Å². The summed E-state index contributed by atoms with van der Waals surface area (Å²) in [6.07, 6.45) is 3.55. The molecule has 0 aliphatic rings. The standard InChI is InChI=1S/C22H19N3O/c1-17-14-22(25(24-17)20-10-12-23-13-11-20)19-8-5-9-21(15-19)26-16-18-6-3-2-4-7-18/h2-15H,16H2,1H3. The molecule has 0 aliphatic heterocycles. The maximum atomic E-state index is 5.97. The van der Waals surface area contributed by atoms with Gasteiger partial charge in [-0.1, -0.05) is 42.5 Å². The van der Waals surface area contributed by atoms with E-state index >= 15 is 0 Å². The number of nitrogens with zero attached hydrogens (tertiary/aromatic N) is 3. The molecule has 4 heteroatoms. The summed E-state index contributed by atoms with van der Waals surface area (Å²) >= 11 is 0. The van der Waals surface area contributed by atoms with Crippen molar-refractivity contribution in [3.05, 3.63) is 96.4 Å². The summed E-state index contributed by atoms with van der Waals surface area (Å²) in [5, 5.41) is 4.63. The van der Waals surface area contributed by atoms with E-state index in [0.717, 1.165) is 34.0 Å². The molecular formula is C22H19N3O. The third-order valence-electron chi connectivity index (χ3n) is 4.12. The summed E-state index contributed by atoms with van der Waals surface area (Å²) in [5.74, 6) is 0.839. The average molecular weight is 341 g/mol. The van der Waals surface area contributed by atoms with Crippen molar-refractivity contribution in [3.8, 4) is 22.7 Å². The summed E-state index contributed by atoms with van der Waals surface area (Å²) in [7, 11) is 0. The second-order valence-corrected chi connectivity index (χ2v) is 6.09. The zero-order valence-corrected chi connectivity index (χ0v) is 14.5. The van der Waals surface area contributed by atoms with Crippen LogP contribution in [-0.2, 0) is 6.61 Å². The molecule has 0 unspecified atom stereocenters. The highest BCUT2D eigenvalue weighted by Crippen LogP contribution is 2.27. The Morgan fingerprint density at radius 2 is 1.69 bits per heavy atom. The van der Waals surface area contributed by atoms with Gasteiger partial charge in [-0.15, -0.1) is 0 Å². The van der Waals surface area contributed by atoms with Gasteiger partial charge in [0.25, 0.3) is 0 Å². The third kappa shape index (κ3) is 3.49. The van der Waals surface area contributed by atoms with E-state index in [1.54, 1.807) is 12.4 Å². The Morgan fingerprint density at radius 1 is 0.885 bits per heavy atom. The van der Waals surface area contributed by atoms with Crippen LogP contribution in [0.2, 0.25) is 0 Å². The van der Waals surface area contributed by atoms with Crippen LogP contribution in [0.15, 0.2) is 85.2 Å². The van der Waals surface area contributed by atoms with E-state index in [9.17, 15) is 0 Å². The van der Waals surface area contributed by atoms with Crippen molar-refractivity contribution in [1.82, 2.24) is 14.8 Å². The Morgan fingerprint density at radius 3 is 2.50 bits per heavy atom. The normalized spacial score (nSPS) is 10.7. The maximum absolute atomic E-state index is 5.97. The molecule has 2 aromatic heterocycles. The molecular weight excluding hydrogens is 322 g/mol. The number of ether oxygens (including phenoxy) is 1. The Labute approximate surface area is 152 Å². The highest BCUT2D eigenvalue weighted by molar-refractivity contribution is 5.64. The van der Waals surface area contributed by atoms with Gasteiger partial charge in [0.1, 0.15) is 12.4 Å². The van der Waals surface area contributed by atoms with Gasteiger partial charge in [-0.3, -0.25) is 4.98 Å². The fourth-order valence-electron chi connectivity index (χ4n) is 2.87. The van der Waals surface area contributed by atoms with Crippen LogP contribution in [0.5, 0.6) is 5.75 Å². The van der Waals surface area contributed by atoms with E-state index in [4.69, 9.17) is 4.74 Å². The highest BCUT2D eigenvalue weighted by Gasteiger charge is 2.10. The number of hydrogen-bond acceptors (Lipinski definition) is 3. The van der Waals surface area contributed by atoms with Crippen molar-refractivity contribution >= 4 is 0 Å². The number of aromatic nitrogens is 3. The largest absolute Gasteiger partial charge is 0.489 e. The minimum atomic E-state index is 0.549. The molecule has 0 saturated heterocycles. The molecule has 2 aromatic carbocycles. The molecule has 0 atom stereocenters. The average Bonchev–Trinajstić information content (AvgIpc) is 3.10. The van der Waals surface area contributed by atoms with Crippen LogP contribution >= 0.6 is 0 Å². The van der Waals surface area contributed by atoms with Gasteiger partial charge < -0.3 is 4.74 Å². The van der Waals surface area contributed by atoms with E-state index in [1.165, 1.54) is 0 Å². The molecule has 0 spiro atoms. The zero-order chi connectivity index (χ0) is 17.8. The predicted octanol–water partition coefficient (Wildman–Crippen LogP) is 4.82. The van der Waals surface area contributed by atoms with Crippen LogP contribution in [0, 0.1) is 6.92 Å². The Hall–Kier alpha value is -3.40. The van der Waals surface area contributed by atoms with Crippen molar-refractivity contribution in [1.29, 1.82) is 0 Å². The zero-order valence-electron chi connectivity index (χ0n) is 14.5. The SMILES string of the molecule is Cc1cc(-c2cccc(OCc3ccccc3)c2)n(-c2ccncc2)n1. The molecule has 0 fully saturated rings. The first-order valence-electron chi connectivity index (χ1n) is 8.54. The predicted molar refractivity (Wildman–Crippen MR) is 102 cm³/mol. The summed E-state index contributed by atoms with van der Waals surface area (Å²) in [6, 6.07) is 24.3. The molecule has 0 bridgehead atoms. The van der Waals surface area contributed by atoms with Gasteiger partial charge in [-0.2, -0.15) is 5.10 Å². The van der Waals surface area contributed by atoms with Crippen LogP contribution < -0.4 is 4.74 Å². The maximum Gasteiger partial charge on any atom is 0.120 e. The number of benzene rings is 2. The molecule has 4 rings (SSSR count). The van der Waals surface area contributed by atoms with Gasteiger partial charge in [0.2, 0.25) is 0 Å². The number of aryl methyl sites for hydroxylation is 1. The number of hydrogen-bond donors (Lipinski definition) is 0. The fourth-order valence-corrected chi connectivity index (χ4v) is 2.87. The number of rotatable bonds is 5. The van der Waals surface area contributed by atoms with Gasteiger partial charge in [0.05, 0.1) is 17.1 Å². The van der Waals surface area contributed by atoms with Gasteiger partial charge in [0.15, 0.2) is 0 Å². The van der Waals surface area contributed by atoms with Crippen molar-refractivity contribution in [2.75, 3.05) is 0 Å². The number of pyridine rings is 1. The van der Waals surface area contributed by atoms with Crippen LogP contribution in [0.1, 0.15) is 11.3 Å². The first kappa shape index (κ1) is 16.1. The lowest BCUT2D eigenvalue weighted by Crippen LogP contribution is -2.00. The smallest absolute Gasteiger partial charge is 0.120 e. The monoisotopic (exact) mass is 341 g/mol. The van der Waals surface area contributed by atoms with Gasteiger partial charge in [0, 0.05) is 18.0 Å². The minimum Gasteiger partial charge on any atom is -0.489 e. The molecule has 2 heterocycles. The molecule has 0 radical (unpaired) electrons. The van der Waals surface area contributed by atoms with E-state index < -0.39 is 0 Å². The molecule has 0 saturated carbocycles. The van der Waals surface area contributed by atoms with Crippen molar-refractivity contribution in [3.63, 3.8) is 0 Å². The van der Waals surface area contributed by atoms with Crippen molar-refractivity contribution in [2.45, 2.75) is 13.5 Å². The summed E-state index contributed by atoms with van der Waals surface area (Å²) < 4.78 is 7.90. The third-order valence-corrected chi connectivity index (χ3v) is 4.12. The van der Waals surface area contributed by atoms with Crippen LogP contribution in [0.25, 0.3) is 16.9 Å². The molecule has 128 valence electrons. The fraction of sp³-hybridized carbons (Fsp3) is 0.0909. The quantitative estimate of drug-likeness (QED) is 0.522. The lowest BCUT2D eigenvalue weighted by Gasteiger charge is -2.10. The van der Waals surface area contributed by atoms with E-state index in [-0.39, 0.29) is 0 Å². The topological polar surface area (TPSA) is 39.9 Å². The summed E-state index contributed by atoms with van der Waals surface area (Å²) in [6.45, 7) is 2.55. The second kappa shape index (κ2) is 7.23. The lowest BCUT2D eigenvalue weighted by atomic mass is 10.1.